The van der Waals surface area contributed by atoms with Gasteiger partial charge in [0.25, 0.3) is 0 Å². The van der Waals surface area contributed by atoms with Gasteiger partial charge in [0.05, 0.1) is 5.69 Å². The maximum atomic E-state index is 5.77. The number of nitrogens with zero attached hydrogens (tertiary/aromatic N) is 1. The summed E-state index contributed by atoms with van der Waals surface area (Å²) in [5.74, 6) is 1.47. The summed E-state index contributed by atoms with van der Waals surface area (Å²) in [6, 6.07) is 9.91. The highest BCUT2D eigenvalue weighted by atomic mass is 79.9. The minimum Gasteiger partial charge on any atom is -0.439 e. The van der Waals surface area contributed by atoms with Gasteiger partial charge in [-0.15, -0.1) is 0 Å². The van der Waals surface area contributed by atoms with Crippen LogP contribution in [-0.4, -0.2) is 4.98 Å². The molecular weight excluding hydrogens is 278 g/mol. The first-order valence-corrected chi connectivity index (χ1v) is 6.24. The first-order chi connectivity index (χ1) is 8.06. The van der Waals surface area contributed by atoms with Gasteiger partial charge >= 0.3 is 0 Å². The molecule has 3 heteroatoms. The zero-order valence-corrected chi connectivity index (χ0v) is 11.7. The molecule has 1 heterocycles. The second-order valence-electron chi connectivity index (χ2n) is 4.09. The molecule has 0 radical (unpaired) electrons. The highest BCUT2D eigenvalue weighted by Crippen LogP contribution is 2.26. The van der Waals surface area contributed by atoms with Crippen LogP contribution in [0.2, 0.25) is 0 Å². The van der Waals surface area contributed by atoms with Gasteiger partial charge < -0.3 is 4.74 Å². The van der Waals surface area contributed by atoms with Crippen molar-refractivity contribution in [1.82, 2.24) is 4.98 Å². The van der Waals surface area contributed by atoms with E-state index in [1.165, 1.54) is 5.56 Å². The number of rotatable bonds is 2. The Bertz CT molecular complexity index is 552. The van der Waals surface area contributed by atoms with Gasteiger partial charge in [0.15, 0.2) is 0 Å². The van der Waals surface area contributed by atoms with E-state index in [1.54, 1.807) is 0 Å². The molecular formula is C14H14BrNO. The van der Waals surface area contributed by atoms with Crippen molar-refractivity contribution in [2.75, 3.05) is 0 Å². The molecule has 0 saturated heterocycles. The standard InChI is InChI=1S/C14H14BrNO/c1-9-4-6-13(10(2)8-9)17-14-7-5-12(15)11(3)16-14/h4-8H,1-3H3. The molecule has 0 saturated carbocycles. The summed E-state index contributed by atoms with van der Waals surface area (Å²) < 4.78 is 6.76. The molecule has 17 heavy (non-hydrogen) atoms. The van der Waals surface area contributed by atoms with Crippen LogP contribution >= 0.6 is 15.9 Å². The van der Waals surface area contributed by atoms with Crippen molar-refractivity contribution in [2.24, 2.45) is 0 Å². The number of hydrogen-bond acceptors (Lipinski definition) is 2. The molecule has 0 spiro atoms. The van der Waals surface area contributed by atoms with E-state index in [4.69, 9.17) is 4.74 Å². The van der Waals surface area contributed by atoms with Crippen LogP contribution in [0.25, 0.3) is 0 Å². The van der Waals surface area contributed by atoms with Gasteiger partial charge in [0.2, 0.25) is 5.88 Å². The first-order valence-electron chi connectivity index (χ1n) is 5.44. The molecule has 2 rings (SSSR count). The van der Waals surface area contributed by atoms with E-state index >= 15 is 0 Å². The quantitative estimate of drug-likeness (QED) is 0.809. The Labute approximate surface area is 110 Å². The monoisotopic (exact) mass is 291 g/mol. The van der Waals surface area contributed by atoms with Crippen LogP contribution in [0.4, 0.5) is 0 Å². The van der Waals surface area contributed by atoms with E-state index in [9.17, 15) is 0 Å². The van der Waals surface area contributed by atoms with Gasteiger partial charge in [-0.05, 0) is 54.4 Å². The fourth-order valence-corrected chi connectivity index (χ4v) is 1.83. The Balaban J connectivity index is 2.28. The molecule has 0 bridgehead atoms. The van der Waals surface area contributed by atoms with E-state index in [-0.39, 0.29) is 0 Å². The summed E-state index contributed by atoms with van der Waals surface area (Å²) in [5.41, 5.74) is 3.27. The molecule has 0 aliphatic rings. The van der Waals surface area contributed by atoms with Crippen LogP contribution in [0.3, 0.4) is 0 Å². The number of pyridine rings is 1. The number of hydrogen-bond donors (Lipinski definition) is 0. The van der Waals surface area contributed by atoms with Gasteiger partial charge in [-0.1, -0.05) is 17.7 Å². The molecule has 0 N–H and O–H groups in total. The van der Waals surface area contributed by atoms with Crippen LogP contribution in [0.5, 0.6) is 11.6 Å². The fourth-order valence-electron chi connectivity index (χ4n) is 1.60. The zero-order valence-electron chi connectivity index (χ0n) is 10.1. The fraction of sp³-hybridized carbons (Fsp3) is 0.214. The Hall–Kier alpha value is -1.35. The van der Waals surface area contributed by atoms with Gasteiger partial charge in [-0.25, -0.2) is 4.98 Å². The third-order valence-electron chi connectivity index (χ3n) is 2.54. The number of benzene rings is 1. The normalized spacial score (nSPS) is 10.4. The molecule has 0 aliphatic heterocycles. The minimum atomic E-state index is 0.623. The second kappa shape index (κ2) is 4.88. The van der Waals surface area contributed by atoms with E-state index < -0.39 is 0 Å². The van der Waals surface area contributed by atoms with Gasteiger partial charge in [0.1, 0.15) is 5.75 Å². The van der Waals surface area contributed by atoms with E-state index in [0.717, 1.165) is 21.5 Å². The minimum absolute atomic E-state index is 0.623. The molecule has 1 aromatic carbocycles. The predicted molar refractivity (Wildman–Crippen MR) is 72.7 cm³/mol. The molecule has 0 aliphatic carbocycles. The molecule has 1 aromatic heterocycles. The molecule has 0 atom stereocenters. The number of aromatic nitrogens is 1. The van der Waals surface area contributed by atoms with Crippen LogP contribution < -0.4 is 4.74 Å². The first kappa shape index (κ1) is 12.1. The van der Waals surface area contributed by atoms with Crippen molar-refractivity contribution in [3.63, 3.8) is 0 Å². The topological polar surface area (TPSA) is 22.1 Å². The van der Waals surface area contributed by atoms with Crippen molar-refractivity contribution < 1.29 is 4.74 Å². The Morgan fingerprint density at radius 2 is 1.82 bits per heavy atom. The predicted octanol–water partition coefficient (Wildman–Crippen LogP) is 4.56. The smallest absolute Gasteiger partial charge is 0.219 e. The largest absolute Gasteiger partial charge is 0.439 e. The summed E-state index contributed by atoms with van der Waals surface area (Å²) in [6.07, 6.45) is 0. The zero-order chi connectivity index (χ0) is 12.4. The lowest BCUT2D eigenvalue weighted by molar-refractivity contribution is 0.458. The van der Waals surface area contributed by atoms with Crippen molar-refractivity contribution in [2.45, 2.75) is 20.8 Å². The highest BCUT2D eigenvalue weighted by molar-refractivity contribution is 9.10. The maximum absolute atomic E-state index is 5.77. The second-order valence-corrected chi connectivity index (χ2v) is 4.94. The third kappa shape index (κ3) is 2.86. The molecule has 0 fully saturated rings. The van der Waals surface area contributed by atoms with Crippen LogP contribution in [0.15, 0.2) is 34.8 Å². The third-order valence-corrected chi connectivity index (χ3v) is 3.38. The van der Waals surface area contributed by atoms with Crippen molar-refractivity contribution in [3.05, 3.63) is 51.6 Å². The van der Waals surface area contributed by atoms with E-state index in [2.05, 4.69) is 33.9 Å². The van der Waals surface area contributed by atoms with Crippen LogP contribution in [0, 0.1) is 20.8 Å². The highest BCUT2D eigenvalue weighted by Gasteiger charge is 2.04. The summed E-state index contributed by atoms with van der Waals surface area (Å²) in [7, 11) is 0. The van der Waals surface area contributed by atoms with E-state index in [1.807, 2.05) is 38.1 Å². The lowest BCUT2D eigenvalue weighted by Gasteiger charge is -2.09. The summed E-state index contributed by atoms with van der Waals surface area (Å²) in [5, 5.41) is 0. The molecule has 88 valence electrons. The number of aryl methyl sites for hydroxylation is 3. The molecule has 0 unspecified atom stereocenters. The average Bonchev–Trinajstić information content (AvgIpc) is 2.27. The van der Waals surface area contributed by atoms with E-state index in [0.29, 0.717) is 5.88 Å². The van der Waals surface area contributed by atoms with Gasteiger partial charge in [-0.2, -0.15) is 0 Å². The summed E-state index contributed by atoms with van der Waals surface area (Å²) >= 11 is 3.42. The lowest BCUT2D eigenvalue weighted by atomic mass is 10.1. The number of ether oxygens (including phenoxy) is 1. The Morgan fingerprint density at radius 3 is 2.47 bits per heavy atom. The summed E-state index contributed by atoms with van der Waals surface area (Å²) in [4.78, 5) is 4.36. The molecule has 2 nitrogen and oxygen atoms in total. The lowest BCUT2D eigenvalue weighted by Crippen LogP contribution is -1.92. The van der Waals surface area contributed by atoms with Crippen LogP contribution in [-0.2, 0) is 0 Å². The molecule has 0 amide bonds. The Kier molecular flexibility index (Phi) is 3.48. The SMILES string of the molecule is Cc1ccc(Oc2ccc(Br)c(C)n2)c(C)c1. The van der Waals surface area contributed by atoms with Crippen molar-refractivity contribution in [1.29, 1.82) is 0 Å². The van der Waals surface area contributed by atoms with Gasteiger partial charge in [-0.3, -0.25) is 0 Å². The van der Waals surface area contributed by atoms with Crippen molar-refractivity contribution >= 4 is 15.9 Å². The molecule has 2 aromatic rings. The Morgan fingerprint density at radius 1 is 1.06 bits per heavy atom. The van der Waals surface area contributed by atoms with Crippen molar-refractivity contribution in [3.8, 4) is 11.6 Å². The van der Waals surface area contributed by atoms with Crippen LogP contribution in [0.1, 0.15) is 16.8 Å². The maximum Gasteiger partial charge on any atom is 0.219 e. The van der Waals surface area contributed by atoms with Gasteiger partial charge in [0, 0.05) is 10.5 Å². The average molecular weight is 292 g/mol. The number of halogens is 1. The summed E-state index contributed by atoms with van der Waals surface area (Å²) in [6.45, 7) is 6.05.